The Kier molecular flexibility index (Phi) is 6.01. The predicted molar refractivity (Wildman–Crippen MR) is 109 cm³/mol. The third kappa shape index (κ3) is 4.01. The van der Waals surface area contributed by atoms with Crippen LogP contribution in [0, 0.1) is 12.7 Å². The summed E-state index contributed by atoms with van der Waals surface area (Å²) in [5, 5.41) is 20.4. The standard InChI is InChI=1S/C23H24FNO4/c1-3-4-5-9-18(23(28)29)21-14(2)25(20-11-10-17(26)13-19(20)21)22(27)15-7-6-8-16(24)12-15/h6-8,10-13,18,26H,3-5,9H2,1-2H3,(H,28,29). The maximum absolute atomic E-state index is 13.7. The van der Waals surface area contributed by atoms with Crippen molar-refractivity contribution < 1.29 is 24.2 Å². The Morgan fingerprint density at radius 3 is 2.55 bits per heavy atom. The van der Waals surface area contributed by atoms with E-state index in [-0.39, 0.29) is 11.3 Å². The zero-order valence-corrected chi connectivity index (χ0v) is 16.5. The third-order valence-electron chi connectivity index (χ3n) is 5.25. The number of rotatable bonds is 7. The summed E-state index contributed by atoms with van der Waals surface area (Å²) in [6.07, 6.45) is 3.06. The van der Waals surface area contributed by atoms with Gasteiger partial charge in [-0.1, -0.05) is 32.3 Å². The normalized spacial score (nSPS) is 12.2. The Morgan fingerprint density at radius 2 is 1.90 bits per heavy atom. The van der Waals surface area contributed by atoms with Crippen LogP contribution in [-0.4, -0.2) is 26.7 Å². The summed E-state index contributed by atoms with van der Waals surface area (Å²) < 4.78 is 15.1. The Labute approximate surface area is 168 Å². The first kappa shape index (κ1) is 20.6. The molecule has 0 aliphatic carbocycles. The van der Waals surface area contributed by atoms with Crippen LogP contribution in [0.15, 0.2) is 42.5 Å². The predicted octanol–water partition coefficient (Wildman–Crippen LogP) is 5.23. The second-order valence-electron chi connectivity index (χ2n) is 7.24. The minimum absolute atomic E-state index is 0.00759. The molecule has 0 bridgehead atoms. The van der Waals surface area contributed by atoms with Crippen LogP contribution in [0.1, 0.15) is 60.1 Å². The number of hydrogen-bond acceptors (Lipinski definition) is 3. The number of carboxylic acid groups (broad SMARTS) is 1. The van der Waals surface area contributed by atoms with Gasteiger partial charge in [-0.05, 0) is 55.3 Å². The lowest BCUT2D eigenvalue weighted by Gasteiger charge is -2.14. The molecule has 152 valence electrons. The highest BCUT2D eigenvalue weighted by Crippen LogP contribution is 2.37. The van der Waals surface area contributed by atoms with Crippen molar-refractivity contribution in [1.82, 2.24) is 4.57 Å². The SMILES string of the molecule is CCCCCC(C(=O)O)c1c(C)n(C(=O)c2cccc(F)c2)c2ccc(O)cc12. The molecule has 0 saturated carbocycles. The molecule has 3 rings (SSSR count). The largest absolute Gasteiger partial charge is 0.508 e. The Hall–Kier alpha value is -3.15. The fraction of sp³-hybridized carbons (Fsp3) is 0.304. The number of phenols is 1. The monoisotopic (exact) mass is 397 g/mol. The van der Waals surface area contributed by atoms with Crippen LogP contribution >= 0.6 is 0 Å². The van der Waals surface area contributed by atoms with Crippen LogP contribution in [0.3, 0.4) is 0 Å². The van der Waals surface area contributed by atoms with Gasteiger partial charge in [0.1, 0.15) is 11.6 Å². The molecule has 29 heavy (non-hydrogen) atoms. The maximum atomic E-state index is 13.7. The van der Waals surface area contributed by atoms with Crippen molar-refractivity contribution in [2.45, 2.75) is 45.4 Å². The summed E-state index contributed by atoms with van der Waals surface area (Å²) in [5.41, 5.74) is 1.67. The Bertz CT molecular complexity index is 1070. The number of benzene rings is 2. The van der Waals surface area contributed by atoms with Gasteiger partial charge in [0.25, 0.3) is 5.91 Å². The first-order chi connectivity index (χ1) is 13.8. The molecule has 1 unspecified atom stereocenters. The van der Waals surface area contributed by atoms with Gasteiger partial charge in [0.05, 0.1) is 11.4 Å². The van der Waals surface area contributed by atoms with Gasteiger partial charge >= 0.3 is 5.97 Å². The van der Waals surface area contributed by atoms with Crippen LogP contribution in [0.4, 0.5) is 4.39 Å². The molecule has 5 nitrogen and oxygen atoms in total. The molecule has 0 aliphatic heterocycles. The number of phenolic OH excluding ortho intramolecular Hbond substituents is 1. The van der Waals surface area contributed by atoms with Crippen molar-refractivity contribution in [3.8, 4) is 5.75 Å². The molecule has 0 amide bonds. The van der Waals surface area contributed by atoms with Crippen LogP contribution in [0.25, 0.3) is 10.9 Å². The van der Waals surface area contributed by atoms with Crippen LogP contribution in [0.5, 0.6) is 5.75 Å². The zero-order chi connectivity index (χ0) is 21.1. The van der Waals surface area contributed by atoms with E-state index < -0.39 is 23.6 Å². The average Bonchev–Trinajstić information content (AvgIpc) is 2.95. The zero-order valence-electron chi connectivity index (χ0n) is 16.5. The van der Waals surface area contributed by atoms with E-state index in [1.54, 1.807) is 13.0 Å². The van der Waals surface area contributed by atoms with Gasteiger partial charge in [-0.15, -0.1) is 0 Å². The second-order valence-corrected chi connectivity index (χ2v) is 7.24. The maximum Gasteiger partial charge on any atom is 0.311 e. The number of carbonyl (C=O) groups is 2. The summed E-state index contributed by atoms with van der Waals surface area (Å²) in [6, 6.07) is 9.92. The lowest BCUT2D eigenvalue weighted by Crippen LogP contribution is -2.16. The fourth-order valence-electron chi connectivity index (χ4n) is 3.87. The number of aromatic hydroxyl groups is 1. The van der Waals surface area contributed by atoms with Crippen molar-refractivity contribution in [2.24, 2.45) is 0 Å². The number of carboxylic acids is 1. The number of unbranched alkanes of at least 4 members (excludes halogenated alkanes) is 2. The van der Waals surface area contributed by atoms with Gasteiger partial charge < -0.3 is 10.2 Å². The molecule has 0 saturated heterocycles. The molecule has 1 heterocycles. The van der Waals surface area contributed by atoms with E-state index in [1.165, 1.54) is 34.9 Å². The number of aromatic nitrogens is 1. The van der Waals surface area contributed by atoms with Gasteiger partial charge in [0, 0.05) is 16.6 Å². The third-order valence-corrected chi connectivity index (χ3v) is 5.25. The first-order valence-corrected chi connectivity index (χ1v) is 9.72. The molecule has 2 aromatic carbocycles. The van der Waals surface area contributed by atoms with Crippen molar-refractivity contribution in [1.29, 1.82) is 0 Å². The molecule has 0 fully saturated rings. The molecule has 1 atom stereocenters. The first-order valence-electron chi connectivity index (χ1n) is 9.72. The van der Waals surface area contributed by atoms with E-state index in [1.807, 2.05) is 6.92 Å². The topological polar surface area (TPSA) is 79.5 Å². The molecule has 3 aromatic rings. The molecule has 6 heteroatoms. The summed E-state index contributed by atoms with van der Waals surface area (Å²) in [6.45, 7) is 3.74. The highest BCUT2D eigenvalue weighted by atomic mass is 19.1. The minimum Gasteiger partial charge on any atom is -0.508 e. The van der Waals surface area contributed by atoms with E-state index in [4.69, 9.17) is 0 Å². The van der Waals surface area contributed by atoms with E-state index in [0.29, 0.717) is 28.6 Å². The van der Waals surface area contributed by atoms with Gasteiger partial charge in [0.15, 0.2) is 0 Å². The van der Waals surface area contributed by atoms with Crippen LogP contribution in [0.2, 0.25) is 0 Å². The van der Waals surface area contributed by atoms with E-state index in [2.05, 4.69) is 0 Å². The molecular formula is C23H24FNO4. The van der Waals surface area contributed by atoms with E-state index in [9.17, 15) is 24.2 Å². The molecule has 0 radical (unpaired) electrons. The summed E-state index contributed by atoms with van der Waals surface area (Å²) in [5.74, 6) is -2.74. The lowest BCUT2D eigenvalue weighted by molar-refractivity contribution is -0.139. The highest BCUT2D eigenvalue weighted by Gasteiger charge is 2.29. The van der Waals surface area contributed by atoms with Crippen molar-refractivity contribution >= 4 is 22.8 Å². The van der Waals surface area contributed by atoms with E-state index in [0.717, 1.165) is 25.3 Å². The van der Waals surface area contributed by atoms with Crippen LogP contribution in [-0.2, 0) is 4.79 Å². The van der Waals surface area contributed by atoms with Gasteiger partial charge in [-0.3, -0.25) is 14.2 Å². The van der Waals surface area contributed by atoms with Crippen molar-refractivity contribution in [3.63, 3.8) is 0 Å². The number of nitrogens with zero attached hydrogens (tertiary/aromatic N) is 1. The van der Waals surface area contributed by atoms with Gasteiger partial charge in [-0.25, -0.2) is 4.39 Å². The van der Waals surface area contributed by atoms with Crippen molar-refractivity contribution in [2.75, 3.05) is 0 Å². The summed E-state index contributed by atoms with van der Waals surface area (Å²) in [7, 11) is 0. The minimum atomic E-state index is -0.968. The fourth-order valence-corrected chi connectivity index (χ4v) is 3.87. The Morgan fingerprint density at radius 1 is 1.14 bits per heavy atom. The number of carbonyl (C=O) groups excluding carboxylic acids is 1. The summed E-state index contributed by atoms with van der Waals surface area (Å²) in [4.78, 5) is 25.2. The Balaban J connectivity index is 2.21. The van der Waals surface area contributed by atoms with Gasteiger partial charge in [-0.2, -0.15) is 0 Å². The number of aliphatic carboxylic acids is 1. The average molecular weight is 397 g/mol. The van der Waals surface area contributed by atoms with Crippen molar-refractivity contribution in [3.05, 3.63) is 65.1 Å². The number of halogens is 1. The molecule has 1 aromatic heterocycles. The van der Waals surface area contributed by atoms with Crippen LogP contribution < -0.4 is 0 Å². The lowest BCUT2D eigenvalue weighted by atomic mass is 9.91. The number of fused-ring (bicyclic) bond motifs is 1. The van der Waals surface area contributed by atoms with Gasteiger partial charge in [0.2, 0.25) is 0 Å². The second kappa shape index (κ2) is 8.47. The molecular weight excluding hydrogens is 373 g/mol. The molecule has 2 N–H and O–H groups in total. The summed E-state index contributed by atoms with van der Waals surface area (Å²) >= 11 is 0. The quantitative estimate of drug-likeness (QED) is 0.535. The molecule has 0 spiro atoms. The molecule has 0 aliphatic rings. The highest BCUT2D eigenvalue weighted by molar-refractivity contribution is 6.05. The smallest absolute Gasteiger partial charge is 0.311 e. The number of hydrogen-bond donors (Lipinski definition) is 2. The van der Waals surface area contributed by atoms with E-state index >= 15 is 0 Å².